The van der Waals surface area contributed by atoms with Gasteiger partial charge in [-0.05, 0) is 30.0 Å². The molecule has 1 aliphatic carbocycles. The van der Waals surface area contributed by atoms with Gasteiger partial charge >= 0.3 is 6.09 Å². The van der Waals surface area contributed by atoms with Crippen LogP contribution in [-0.2, 0) is 21.5 Å². The lowest BCUT2D eigenvalue weighted by Crippen LogP contribution is -2.30. The van der Waals surface area contributed by atoms with Gasteiger partial charge in [0.05, 0.1) is 19.3 Å². The summed E-state index contributed by atoms with van der Waals surface area (Å²) in [6, 6.07) is 8.15. The van der Waals surface area contributed by atoms with Crippen molar-refractivity contribution in [1.29, 1.82) is 0 Å². The van der Waals surface area contributed by atoms with Crippen molar-refractivity contribution in [3.05, 3.63) is 42.2 Å². The van der Waals surface area contributed by atoms with Gasteiger partial charge in [-0.2, -0.15) is 0 Å². The molecule has 0 N–H and O–H groups in total. The number of cyclic esters (lactones) is 1. The average Bonchev–Trinajstić information content (AvgIpc) is 3.07. The molecule has 5 rings (SSSR count). The smallest absolute Gasteiger partial charge is 0.414 e. The molecule has 0 bridgehead atoms. The second-order valence-electron chi connectivity index (χ2n) is 7.75. The van der Waals surface area contributed by atoms with Gasteiger partial charge in [0.1, 0.15) is 6.10 Å². The van der Waals surface area contributed by atoms with Crippen LogP contribution in [0.3, 0.4) is 0 Å². The number of fused-ring (bicyclic) bond motifs is 1. The molecule has 2 aromatic rings. The quantitative estimate of drug-likeness (QED) is 0.817. The zero-order chi connectivity index (χ0) is 18.6. The molecule has 1 aromatic heterocycles. The van der Waals surface area contributed by atoms with Crippen molar-refractivity contribution < 1.29 is 14.3 Å². The maximum absolute atomic E-state index is 12.3. The van der Waals surface area contributed by atoms with E-state index in [-0.39, 0.29) is 23.5 Å². The van der Waals surface area contributed by atoms with Gasteiger partial charge in [0.2, 0.25) is 5.91 Å². The van der Waals surface area contributed by atoms with Crippen LogP contribution in [-0.4, -0.2) is 57.6 Å². The summed E-state index contributed by atoms with van der Waals surface area (Å²) in [6.45, 7) is 4.28. The van der Waals surface area contributed by atoms with Crippen LogP contribution >= 0.6 is 0 Å². The Kier molecular flexibility index (Phi) is 3.50. The highest BCUT2D eigenvalue weighted by Gasteiger charge is 2.61. The normalized spacial score (nSPS) is 29.0. The number of carbonyl (C=O) groups excluding carboxylic acids is 2. The summed E-state index contributed by atoms with van der Waals surface area (Å²) >= 11 is 0. The van der Waals surface area contributed by atoms with E-state index in [1.807, 2.05) is 17.0 Å². The molecule has 2 saturated heterocycles. The van der Waals surface area contributed by atoms with Crippen molar-refractivity contribution >= 4 is 17.7 Å². The molecular weight excluding hydrogens is 346 g/mol. The molecule has 27 heavy (non-hydrogen) atoms. The monoisotopic (exact) mass is 367 g/mol. The van der Waals surface area contributed by atoms with Crippen molar-refractivity contribution in [3.63, 3.8) is 0 Å². The summed E-state index contributed by atoms with van der Waals surface area (Å²) in [5, 5.41) is 7.69. The first-order valence-electron chi connectivity index (χ1n) is 9.23. The third kappa shape index (κ3) is 2.67. The number of ether oxygens (including phenoxy) is 1. The fraction of sp³-hybridized carbons (Fsp3) is 0.474. The Labute approximate surface area is 156 Å². The van der Waals surface area contributed by atoms with Crippen molar-refractivity contribution in [1.82, 2.24) is 19.9 Å². The third-order valence-electron chi connectivity index (χ3n) is 6.08. The van der Waals surface area contributed by atoms with Crippen LogP contribution in [0.2, 0.25) is 0 Å². The summed E-state index contributed by atoms with van der Waals surface area (Å²) < 4.78 is 7.12. The number of carbonyl (C=O) groups is 2. The minimum absolute atomic E-state index is 0.116. The van der Waals surface area contributed by atoms with Gasteiger partial charge in [-0.3, -0.25) is 9.69 Å². The second-order valence-corrected chi connectivity index (χ2v) is 7.75. The molecule has 8 nitrogen and oxygen atoms in total. The number of rotatable bonds is 4. The van der Waals surface area contributed by atoms with Crippen molar-refractivity contribution in [2.45, 2.75) is 31.4 Å². The van der Waals surface area contributed by atoms with Crippen LogP contribution in [0.1, 0.15) is 18.9 Å². The van der Waals surface area contributed by atoms with Gasteiger partial charge in [0, 0.05) is 37.3 Å². The van der Waals surface area contributed by atoms with E-state index in [9.17, 15) is 9.59 Å². The minimum atomic E-state index is -0.334. The molecule has 3 aliphatic rings. The summed E-state index contributed by atoms with van der Waals surface area (Å²) in [5.74, 6) is 0.715. The van der Waals surface area contributed by atoms with E-state index in [1.54, 1.807) is 28.9 Å². The molecule has 2 amide bonds. The van der Waals surface area contributed by atoms with Crippen molar-refractivity contribution in [2.24, 2.45) is 5.92 Å². The van der Waals surface area contributed by atoms with E-state index in [2.05, 4.69) is 22.4 Å². The van der Waals surface area contributed by atoms with Gasteiger partial charge in [-0.15, -0.1) is 5.10 Å². The zero-order valence-electron chi connectivity index (χ0n) is 15.1. The molecule has 1 saturated carbocycles. The molecule has 0 spiro atoms. The molecule has 140 valence electrons. The molecule has 3 heterocycles. The van der Waals surface area contributed by atoms with E-state index in [4.69, 9.17) is 4.74 Å². The number of anilines is 1. The summed E-state index contributed by atoms with van der Waals surface area (Å²) in [5.41, 5.74) is 2.21. The molecule has 3 fully saturated rings. The van der Waals surface area contributed by atoms with Gasteiger partial charge in [0.25, 0.3) is 0 Å². The molecular formula is C19H21N5O3. The first kappa shape index (κ1) is 16.3. The Bertz CT molecular complexity index is 881. The summed E-state index contributed by atoms with van der Waals surface area (Å²) in [7, 11) is 0. The SMILES string of the molecule is CC(=O)N1CC2CC2(c2ccc(N3C[C@H](Cn4ccnn4)OC3=O)cc2)C1. The van der Waals surface area contributed by atoms with E-state index in [0.717, 1.165) is 25.2 Å². The minimum Gasteiger partial charge on any atom is -0.442 e. The maximum Gasteiger partial charge on any atom is 0.414 e. The largest absolute Gasteiger partial charge is 0.442 e. The molecule has 3 atom stereocenters. The van der Waals surface area contributed by atoms with E-state index in [0.29, 0.717) is 19.0 Å². The lowest BCUT2D eigenvalue weighted by Gasteiger charge is -2.20. The lowest BCUT2D eigenvalue weighted by atomic mass is 9.94. The number of likely N-dealkylation sites (tertiary alicyclic amines) is 1. The first-order valence-corrected chi connectivity index (χ1v) is 9.23. The average molecular weight is 367 g/mol. The summed E-state index contributed by atoms with van der Waals surface area (Å²) in [4.78, 5) is 27.5. The Morgan fingerprint density at radius 3 is 2.78 bits per heavy atom. The lowest BCUT2D eigenvalue weighted by molar-refractivity contribution is -0.128. The van der Waals surface area contributed by atoms with Crippen LogP contribution in [0.15, 0.2) is 36.7 Å². The Hall–Kier alpha value is -2.90. The van der Waals surface area contributed by atoms with Crippen molar-refractivity contribution in [3.8, 4) is 0 Å². The van der Waals surface area contributed by atoms with Crippen LogP contribution < -0.4 is 4.90 Å². The molecule has 0 radical (unpaired) electrons. The molecule has 8 heteroatoms. The van der Waals surface area contributed by atoms with Crippen LogP contribution in [0.5, 0.6) is 0 Å². The Morgan fingerprint density at radius 2 is 2.11 bits per heavy atom. The van der Waals surface area contributed by atoms with Crippen molar-refractivity contribution in [2.75, 3.05) is 24.5 Å². The van der Waals surface area contributed by atoms with Crippen LogP contribution in [0.4, 0.5) is 10.5 Å². The topological polar surface area (TPSA) is 80.6 Å². The highest BCUT2D eigenvalue weighted by atomic mass is 16.6. The Morgan fingerprint density at radius 1 is 1.30 bits per heavy atom. The van der Waals surface area contributed by atoms with E-state index in [1.165, 1.54) is 5.56 Å². The fourth-order valence-electron chi connectivity index (χ4n) is 4.51. The van der Waals surface area contributed by atoms with Gasteiger partial charge in [0.15, 0.2) is 0 Å². The molecule has 1 aromatic carbocycles. The number of benzene rings is 1. The number of piperidine rings is 1. The van der Waals surface area contributed by atoms with E-state index >= 15 is 0 Å². The standard InChI is InChI=1S/C19H21N5O3/c1-13(25)22-9-15-8-19(15,12-22)14-2-4-16(5-3-14)24-11-17(27-18(24)26)10-23-7-6-20-21-23/h2-7,15,17H,8-12H2,1H3/t15?,17-,19?/m0/s1. The second kappa shape index (κ2) is 5.80. The maximum atomic E-state index is 12.3. The van der Waals surface area contributed by atoms with E-state index < -0.39 is 0 Å². The number of amides is 2. The first-order chi connectivity index (χ1) is 13.0. The van der Waals surface area contributed by atoms with Gasteiger partial charge in [-0.25, -0.2) is 9.48 Å². The zero-order valence-corrected chi connectivity index (χ0v) is 15.1. The molecule has 2 aliphatic heterocycles. The Balaban J connectivity index is 1.28. The predicted molar refractivity (Wildman–Crippen MR) is 96.1 cm³/mol. The van der Waals surface area contributed by atoms with Crippen LogP contribution in [0.25, 0.3) is 0 Å². The fourth-order valence-corrected chi connectivity index (χ4v) is 4.51. The van der Waals surface area contributed by atoms with Gasteiger partial charge in [-0.1, -0.05) is 17.3 Å². The number of hydrogen-bond acceptors (Lipinski definition) is 5. The van der Waals surface area contributed by atoms with Crippen LogP contribution in [0, 0.1) is 5.92 Å². The molecule has 2 unspecified atom stereocenters. The predicted octanol–water partition coefficient (Wildman–Crippen LogP) is 1.42. The highest BCUT2D eigenvalue weighted by molar-refractivity contribution is 5.89. The number of aromatic nitrogens is 3. The third-order valence-corrected chi connectivity index (χ3v) is 6.08. The number of nitrogens with zero attached hydrogens (tertiary/aromatic N) is 5. The van der Waals surface area contributed by atoms with Gasteiger partial charge < -0.3 is 9.64 Å². The highest BCUT2D eigenvalue weighted by Crippen LogP contribution is 2.59. The number of hydrogen-bond donors (Lipinski definition) is 0. The summed E-state index contributed by atoms with van der Waals surface area (Å²) in [6.07, 6.45) is 3.92.